The number of sulfone groups is 1. The molecule has 4 rings (SSSR count). The highest BCUT2D eigenvalue weighted by atomic mass is 32.2. The minimum Gasteiger partial charge on any atom is -0.369 e. The first-order chi connectivity index (χ1) is 13.1. The first kappa shape index (κ1) is 19.4. The summed E-state index contributed by atoms with van der Waals surface area (Å²) in [5.74, 6) is -0.0940. The zero-order valence-corrected chi connectivity index (χ0v) is 17.2. The lowest BCUT2D eigenvalue weighted by Crippen LogP contribution is -2.30. The molecule has 1 aliphatic carbocycles. The van der Waals surface area contributed by atoms with Crippen molar-refractivity contribution < 1.29 is 12.8 Å². The Kier molecular flexibility index (Phi) is 4.54. The van der Waals surface area contributed by atoms with E-state index < -0.39 is 21.2 Å². The minimum absolute atomic E-state index is 0.0240. The fourth-order valence-corrected chi connectivity index (χ4v) is 5.15. The van der Waals surface area contributed by atoms with E-state index in [2.05, 4.69) is 0 Å². The Morgan fingerprint density at radius 1 is 1.25 bits per heavy atom. The SMILES string of the molecule is Cc1c(N2CC[C@@H]([C@H](C)N)C2)c(F)cc2cc(S(C)(=O)=O)c(=O)n(C3CC3)c12. The summed E-state index contributed by atoms with van der Waals surface area (Å²) in [6.45, 7) is 5.17. The number of pyridine rings is 1. The van der Waals surface area contributed by atoms with Crippen molar-refractivity contribution in [3.8, 4) is 0 Å². The number of nitrogens with two attached hydrogens (primary N) is 1. The second-order valence-corrected chi connectivity index (χ2v) is 10.3. The fraction of sp³-hybridized carbons (Fsp3) is 0.550. The Morgan fingerprint density at radius 2 is 1.93 bits per heavy atom. The van der Waals surface area contributed by atoms with Gasteiger partial charge in [-0.1, -0.05) is 0 Å². The van der Waals surface area contributed by atoms with Crippen molar-refractivity contribution in [1.82, 2.24) is 4.57 Å². The molecular weight excluding hydrogens is 381 g/mol. The molecule has 2 heterocycles. The third kappa shape index (κ3) is 3.12. The Balaban J connectivity index is 1.96. The molecule has 1 aromatic carbocycles. The van der Waals surface area contributed by atoms with Crippen LogP contribution in [0.5, 0.6) is 0 Å². The minimum atomic E-state index is -3.70. The van der Waals surface area contributed by atoms with Crippen LogP contribution in [-0.2, 0) is 9.84 Å². The van der Waals surface area contributed by atoms with Crippen LogP contribution in [0.25, 0.3) is 10.9 Å². The smallest absolute Gasteiger partial charge is 0.270 e. The number of hydrogen-bond donors (Lipinski definition) is 1. The van der Waals surface area contributed by atoms with E-state index >= 15 is 4.39 Å². The summed E-state index contributed by atoms with van der Waals surface area (Å²) in [6.07, 6.45) is 3.56. The lowest BCUT2D eigenvalue weighted by molar-refractivity contribution is 0.487. The van der Waals surface area contributed by atoms with Gasteiger partial charge in [-0.05, 0) is 56.7 Å². The van der Waals surface area contributed by atoms with Crippen molar-refractivity contribution in [2.75, 3.05) is 24.2 Å². The third-order valence-electron chi connectivity index (χ3n) is 6.05. The fourth-order valence-electron chi connectivity index (χ4n) is 4.39. The van der Waals surface area contributed by atoms with Gasteiger partial charge in [-0.2, -0.15) is 0 Å². The van der Waals surface area contributed by atoms with Crippen LogP contribution in [0.1, 0.15) is 37.8 Å². The average Bonchev–Trinajstić information content (AvgIpc) is 3.30. The van der Waals surface area contributed by atoms with Crippen LogP contribution in [0.4, 0.5) is 10.1 Å². The van der Waals surface area contributed by atoms with Crippen molar-refractivity contribution in [2.24, 2.45) is 11.7 Å². The molecule has 1 saturated carbocycles. The molecule has 2 fully saturated rings. The zero-order valence-electron chi connectivity index (χ0n) is 16.4. The number of nitrogens with zero attached hydrogens (tertiary/aromatic N) is 2. The number of aromatic nitrogens is 1. The normalized spacial score (nSPS) is 21.5. The molecule has 0 radical (unpaired) electrons. The number of aryl methyl sites for hydroxylation is 1. The van der Waals surface area contributed by atoms with E-state index in [0.29, 0.717) is 41.2 Å². The van der Waals surface area contributed by atoms with Crippen molar-refractivity contribution >= 4 is 26.4 Å². The summed E-state index contributed by atoms with van der Waals surface area (Å²) in [6, 6.07) is 2.70. The molecule has 2 atom stereocenters. The lowest BCUT2D eigenvalue weighted by Gasteiger charge is -2.25. The van der Waals surface area contributed by atoms with Gasteiger partial charge in [-0.3, -0.25) is 4.79 Å². The summed E-state index contributed by atoms with van der Waals surface area (Å²) >= 11 is 0. The van der Waals surface area contributed by atoms with Gasteiger partial charge in [0.1, 0.15) is 10.7 Å². The summed E-state index contributed by atoms with van der Waals surface area (Å²) < 4.78 is 40.9. The van der Waals surface area contributed by atoms with Crippen molar-refractivity contribution in [1.29, 1.82) is 0 Å². The molecule has 28 heavy (non-hydrogen) atoms. The largest absolute Gasteiger partial charge is 0.369 e. The van der Waals surface area contributed by atoms with Gasteiger partial charge >= 0.3 is 0 Å². The van der Waals surface area contributed by atoms with Gasteiger partial charge in [0.25, 0.3) is 5.56 Å². The van der Waals surface area contributed by atoms with Crippen LogP contribution in [0.2, 0.25) is 0 Å². The molecule has 0 spiro atoms. The molecule has 0 unspecified atom stereocenters. The molecule has 0 bridgehead atoms. The van der Waals surface area contributed by atoms with E-state index in [1.165, 1.54) is 12.1 Å². The summed E-state index contributed by atoms with van der Waals surface area (Å²) in [4.78, 5) is 14.7. The van der Waals surface area contributed by atoms with Crippen LogP contribution >= 0.6 is 0 Å². The van der Waals surface area contributed by atoms with Gasteiger partial charge in [0.2, 0.25) is 0 Å². The van der Waals surface area contributed by atoms with Gasteiger partial charge in [0, 0.05) is 36.8 Å². The summed E-state index contributed by atoms with van der Waals surface area (Å²) in [5.41, 5.74) is 7.35. The third-order valence-corrected chi connectivity index (χ3v) is 7.14. The number of anilines is 1. The summed E-state index contributed by atoms with van der Waals surface area (Å²) in [5, 5.41) is 0.452. The quantitative estimate of drug-likeness (QED) is 0.841. The van der Waals surface area contributed by atoms with Gasteiger partial charge < -0.3 is 15.2 Å². The standard InChI is InChI=1S/C20H26FN3O3S/c1-11-18-14(8-16(21)19(11)23-7-6-13(10-23)12(2)22)9-17(28(3,26)27)20(25)24(18)15-4-5-15/h8-9,12-13,15H,4-7,10,22H2,1-3H3/t12-,13+/m0/s1. The number of fused-ring (bicyclic) bond motifs is 1. The van der Waals surface area contributed by atoms with Crippen molar-refractivity contribution in [3.63, 3.8) is 0 Å². The van der Waals surface area contributed by atoms with E-state index in [9.17, 15) is 13.2 Å². The maximum Gasteiger partial charge on any atom is 0.270 e. The number of benzene rings is 1. The molecule has 2 aromatic rings. The van der Waals surface area contributed by atoms with E-state index in [0.717, 1.165) is 25.5 Å². The van der Waals surface area contributed by atoms with Crippen molar-refractivity contribution in [3.05, 3.63) is 33.9 Å². The molecule has 1 aromatic heterocycles. The van der Waals surface area contributed by atoms with Gasteiger partial charge in [0.05, 0.1) is 11.2 Å². The Morgan fingerprint density at radius 3 is 2.46 bits per heavy atom. The maximum atomic E-state index is 15.1. The van der Waals surface area contributed by atoms with Crippen LogP contribution in [0.3, 0.4) is 0 Å². The van der Waals surface area contributed by atoms with Gasteiger partial charge in [0.15, 0.2) is 9.84 Å². The van der Waals surface area contributed by atoms with Crippen LogP contribution in [0.15, 0.2) is 21.8 Å². The Labute approximate surface area is 164 Å². The van der Waals surface area contributed by atoms with Crippen LogP contribution < -0.4 is 16.2 Å². The molecule has 8 heteroatoms. The van der Waals surface area contributed by atoms with E-state index in [-0.39, 0.29) is 17.0 Å². The monoisotopic (exact) mass is 407 g/mol. The molecular formula is C20H26FN3O3S. The topological polar surface area (TPSA) is 85.4 Å². The van der Waals surface area contributed by atoms with Crippen molar-refractivity contribution in [2.45, 2.75) is 50.1 Å². The molecule has 0 amide bonds. The molecule has 2 aliphatic rings. The molecule has 1 saturated heterocycles. The molecule has 152 valence electrons. The second-order valence-electron chi connectivity index (χ2n) is 8.31. The lowest BCUT2D eigenvalue weighted by atomic mass is 10.0. The predicted molar refractivity (Wildman–Crippen MR) is 108 cm³/mol. The Bertz CT molecular complexity index is 1120. The van der Waals surface area contributed by atoms with E-state index in [1.54, 1.807) is 4.57 Å². The zero-order chi connectivity index (χ0) is 20.4. The maximum absolute atomic E-state index is 15.1. The predicted octanol–water partition coefficient (Wildman–Crippen LogP) is 2.36. The van der Waals surface area contributed by atoms with Gasteiger partial charge in [-0.15, -0.1) is 0 Å². The summed E-state index contributed by atoms with van der Waals surface area (Å²) in [7, 11) is -3.70. The second kappa shape index (κ2) is 6.56. The van der Waals surface area contributed by atoms with Gasteiger partial charge in [-0.25, -0.2) is 12.8 Å². The number of halogens is 1. The van der Waals surface area contributed by atoms with E-state index in [4.69, 9.17) is 5.73 Å². The number of hydrogen-bond acceptors (Lipinski definition) is 5. The first-order valence-corrected chi connectivity index (χ1v) is 11.6. The highest BCUT2D eigenvalue weighted by Gasteiger charge is 2.33. The van der Waals surface area contributed by atoms with E-state index in [1.807, 2.05) is 18.7 Å². The van der Waals surface area contributed by atoms with Crippen LogP contribution in [-0.4, -0.2) is 38.4 Å². The van der Waals surface area contributed by atoms with Crippen LogP contribution in [0, 0.1) is 18.7 Å². The average molecular weight is 408 g/mol. The molecule has 6 nitrogen and oxygen atoms in total. The molecule has 1 aliphatic heterocycles. The highest BCUT2D eigenvalue weighted by molar-refractivity contribution is 7.90. The highest BCUT2D eigenvalue weighted by Crippen LogP contribution is 2.40. The Hall–Kier alpha value is -1.93. The first-order valence-electron chi connectivity index (χ1n) is 9.68. The number of rotatable bonds is 4. The molecule has 2 N–H and O–H groups in total.